The van der Waals surface area contributed by atoms with E-state index in [1.54, 1.807) is 20.9 Å². The van der Waals surface area contributed by atoms with Crippen molar-refractivity contribution in [1.29, 1.82) is 0 Å². The molecule has 3 rings (SSSR count). The second-order valence-electron chi connectivity index (χ2n) is 7.43. The van der Waals surface area contributed by atoms with Gasteiger partial charge in [0.2, 0.25) is 0 Å². The van der Waals surface area contributed by atoms with Gasteiger partial charge in [0.1, 0.15) is 6.33 Å². The highest BCUT2D eigenvalue weighted by Gasteiger charge is 2.37. The van der Waals surface area contributed by atoms with Crippen LogP contribution in [0.3, 0.4) is 0 Å². The first-order valence-corrected chi connectivity index (χ1v) is 9.37. The van der Waals surface area contributed by atoms with Gasteiger partial charge in [-0.3, -0.25) is 4.68 Å². The summed E-state index contributed by atoms with van der Waals surface area (Å²) in [4.78, 5) is 15.9. The van der Waals surface area contributed by atoms with Crippen molar-refractivity contribution in [2.75, 3.05) is 0 Å². The SMILES string of the molecule is CC(C)/C(=C(\C(=O)O)c1cnn(C)c1)n1cnc(-c2cc(C(F)(F)F)cc(C(F)(F)F)c2)n1. The third kappa shape index (κ3) is 5.07. The molecule has 0 bridgehead atoms. The van der Waals surface area contributed by atoms with Crippen molar-refractivity contribution in [2.24, 2.45) is 13.0 Å². The van der Waals surface area contributed by atoms with Crippen LogP contribution in [0.15, 0.2) is 36.9 Å². The Labute approximate surface area is 183 Å². The molecule has 3 aromatic rings. The second-order valence-corrected chi connectivity index (χ2v) is 7.43. The summed E-state index contributed by atoms with van der Waals surface area (Å²) in [6.45, 7) is 3.31. The Morgan fingerprint density at radius 3 is 2.03 bits per heavy atom. The highest BCUT2D eigenvalue weighted by Crippen LogP contribution is 2.38. The summed E-state index contributed by atoms with van der Waals surface area (Å²) in [5.41, 5.74) is -3.36. The molecule has 1 aromatic carbocycles. The third-order valence-electron chi connectivity index (χ3n) is 4.59. The van der Waals surface area contributed by atoms with Crippen LogP contribution in [0.5, 0.6) is 0 Å². The average Bonchev–Trinajstić information content (AvgIpc) is 3.32. The predicted octanol–water partition coefficient (Wildman–Crippen LogP) is 4.83. The van der Waals surface area contributed by atoms with Crippen molar-refractivity contribution in [1.82, 2.24) is 24.5 Å². The Morgan fingerprint density at radius 1 is 1.03 bits per heavy atom. The standard InChI is InChI=1S/C20H17F6N5O2/c1-10(2)16(15(18(32)33)12-7-28-30(3)8-12)31-9-27-17(29-31)11-4-13(19(21,22)23)6-14(5-11)20(24,25)26/h4-10H,1-3H3,(H,32,33)/b16-15+. The number of nitrogens with zero attached hydrogens (tertiary/aromatic N) is 5. The van der Waals surface area contributed by atoms with Crippen LogP contribution in [0.2, 0.25) is 0 Å². The highest BCUT2D eigenvalue weighted by molar-refractivity contribution is 6.21. The van der Waals surface area contributed by atoms with Crippen molar-refractivity contribution in [3.8, 4) is 11.4 Å². The number of carboxylic acids is 1. The number of carbonyl (C=O) groups is 1. The van der Waals surface area contributed by atoms with Crippen LogP contribution in [-0.2, 0) is 24.2 Å². The van der Waals surface area contributed by atoms with Crippen LogP contribution in [0, 0.1) is 5.92 Å². The Balaban J connectivity index is 2.20. The monoisotopic (exact) mass is 473 g/mol. The fraction of sp³-hybridized carbons (Fsp3) is 0.300. The Kier molecular flexibility index (Phi) is 6.09. The van der Waals surface area contributed by atoms with Crippen molar-refractivity contribution in [2.45, 2.75) is 26.2 Å². The molecule has 2 aromatic heterocycles. The predicted molar refractivity (Wildman–Crippen MR) is 104 cm³/mol. The van der Waals surface area contributed by atoms with Crippen LogP contribution < -0.4 is 0 Å². The van der Waals surface area contributed by atoms with Gasteiger partial charge in [0.15, 0.2) is 5.82 Å². The molecule has 0 aliphatic rings. The van der Waals surface area contributed by atoms with Crippen LogP contribution in [0.1, 0.15) is 30.5 Å². The summed E-state index contributed by atoms with van der Waals surface area (Å²) in [7, 11) is 1.58. The van der Waals surface area contributed by atoms with Gasteiger partial charge < -0.3 is 5.11 Å². The molecular formula is C20H17F6N5O2. The third-order valence-corrected chi connectivity index (χ3v) is 4.59. The number of alkyl halides is 6. The Hall–Kier alpha value is -3.64. The summed E-state index contributed by atoms with van der Waals surface area (Å²) in [5, 5.41) is 17.7. The van der Waals surface area contributed by atoms with Crippen molar-refractivity contribution in [3.63, 3.8) is 0 Å². The fourth-order valence-corrected chi connectivity index (χ4v) is 3.19. The van der Waals surface area contributed by atoms with E-state index in [0.29, 0.717) is 12.1 Å². The lowest BCUT2D eigenvalue weighted by molar-refractivity contribution is -0.143. The number of rotatable bonds is 5. The highest BCUT2D eigenvalue weighted by atomic mass is 19.4. The molecule has 0 amide bonds. The minimum absolute atomic E-state index is 0.00484. The zero-order valence-electron chi connectivity index (χ0n) is 17.4. The van der Waals surface area contributed by atoms with Crippen molar-refractivity contribution < 1.29 is 36.2 Å². The number of aromatic nitrogens is 5. The number of aliphatic carboxylic acids is 1. The largest absolute Gasteiger partial charge is 0.478 e. The summed E-state index contributed by atoms with van der Waals surface area (Å²) in [6.07, 6.45) is -6.26. The number of allylic oxidation sites excluding steroid dienone is 1. The van der Waals surface area contributed by atoms with Crippen LogP contribution in [-0.4, -0.2) is 35.6 Å². The topological polar surface area (TPSA) is 85.8 Å². The molecule has 176 valence electrons. The van der Waals surface area contributed by atoms with Gasteiger partial charge in [-0.15, -0.1) is 5.10 Å². The van der Waals surface area contributed by atoms with Gasteiger partial charge in [0, 0.05) is 24.4 Å². The van der Waals surface area contributed by atoms with Crippen LogP contribution >= 0.6 is 0 Å². The van der Waals surface area contributed by atoms with E-state index >= 15 is 0 Å². The lowest BCUT2D eigenvalue weighted by atomic mass is 10.00. The lowest BCUT2D eigenvalue weighted by Gasteiger charge is -2.15. The zero-order chi connectivity index (χ0) is 24.7. The molecule has 0 aliphatic heterocycles. The fourth-order valence-electron chi connectivity index (χ4n) is 3.19. The van der Waals surface area contributed by atoms with E-state index in [0.717, 1.165) is 11.0 Å². The molecule has 0 unspecified atom stereocenters. The molecular weight excluding hydrogens is 456 g/mol. The molecule has 33 heavy (non-hydrogen) atoms. The van der Waals surface area contributed by atoms with E-state index in [9.17, 15) is 36.2 Å². The Morgan fingerprint density at radius 2 is 1.61 bits per heavy atom. The maximum atomic E-state index is 13.2. The Bertz CT molecular complexity index is 1190. The van der Waals surface area contributed by atoms with Gasteiger partial charge in [0.25, 0.3) is 0 Å². The molecule has 0 atom stereocenters. The molecule has 0 aliphatic carbocycles. The molecule has 2 heterocycles. The molecule has 0 fully saturated rings. The van der Waals surface area contributed by atoms with E-state index in [1.165, 1.54) is 17.1 Å². The quantitative estimate of drug-likeness (QED) is 0.424. The number of carboxylic acid groups (broad SMARTS) is 1. The van der Waals surface area contributed by atoms with Gasteiger partial charge in [-0.1, -0.05) is 13.8 Å². The smallest absolute Gasteiger partial charge is 0.416 e. The minimum atomic E-state index is -5.03. The zero-order valence-corrected chi connectivity index (χ0v) is 17.4. The molecule has 13 heteroatoms. The van der Waals surface area contributed by atoms with Crippen molar-refractivity contribution >= 4 is 17.2 Å². The van der Waals surface area contributed by atoms with Crippen molar-refractivity contribution in [3.05, 3.63) is 53.6 Å². The number of hydrogen-bond donors (Lipinski definition) is 1. The second kappa shape index (κ2) is 8.37. The summed E-state index contributed by atoms with van der Waals surface area (Å²) >= 11 is 0. The molecule has 0 saturated carbocycles. The molecule has 7 nitrogen and oxygen atoms in total. The van der Waals surface area contributed by atoms with Gasteiger partial charge in [-0.2, -0.15) is 31.4 Å². The molecule has 0 saturated heterocycles. The molecule has 1 N–H and O–H groups in total. The van der Waals surface area contributed by atoms with Gasteiger partial charge in [0.05, 0.1) is 28.6 Å². The van der Waals surface area contributed by atoms with E-state index in [1.807, 2.05) is 0 Å². The van der Waals surface area contributed by atoms with Crippen LogP contribution in [0.25, 0.3) is 22.7 Å². The summed E-state index contributed by atoms with van der Waals surface area (Å²) in [6, 6.07) is 1.02. The first-order chi connectivity index (χ1) is 15.2. The normalized spacial score (nSPS) is 13.4. The molecule has 0 spiro atoms. The maximum Gasteiger partial charge on any atom is 0.416 e. The van der Waals surface area contributed by atoms with E-state index in [-0.39, 0.29) is 22.9 Å². The maximum absolute atomic E-state index is 13.2. The van der Waals surface area contributed by atoms with E-state index in [2.05, 4.69) is 15.2 Å². The first-order valence-electron chi connectivity index (χ1n) is 9.37. The summed E-state index contributed by atoms with van der Waals surface area (Å²) in [5.74, 6) is -2.21. The number of halogens is 6. The van der Waals surface area contributed by atoms with Gasteiger partial charge in [-0.25, -0.2) is 14.5 Å². The van der Waals surface area contributed by atoms with E-state index < -0.39 is 46.8 Å². The lowest BCUT2D eigenvalue weighted by Crippen LogP contribution is -2.13. The van der Waals surface area contributed by atoms with E-state index in [4.69, 9.17) is 0 Å². The number of aryl methyl sites for hydroxylation is 1. The minimum Gasteiger partial charge on any atom is -0.478 e. The summed E-state index contributed by atoms with van der Waals surface area (Å²) < 4.78 is 81.5. The average molecular weight is 473 g/mol. The van der Waals surface area contributed by atoms with Gasteiger partial charge in [-0.05, 0) is 24.1 Å². The first kappa shape index (κ1) is 24.0. The van der Waals surface area contributed by atoms with Gasteiger partial charge >= 0.3 is 18.3 Å². The molecule has 0 radical (unpaired) electrons. The number of benzene rings is 1. The van der Waals surface area contributed by atoms with Crippen LogP contribution in [0.4, 0.5) is 26.3 Å². The number of hydrogen-bond acceptors (Lipinski definition) is 4.